The van der Waals surface area contributed by atoms with Gasteiger partial charge in [0.2, 0.25) is 0 Å². The SMILES string of the molecule is Nc1c2c(cc(=O)n1-c1ccc3cc(-n4cnc(-c5ccccc5)n4)c(=O)oc3c1)C(=O)NC2=O. The molecule has 3 N–H and O–H groups in total. The molecule has 11 heteroatoms. The molecule has 0 unspecified atom stereocenters. The molecule has 0 aliphatic carbocycles. The molecule has 1 aliphatic rings. The zero-order valence-electron chi connectivity index (χ0n) is 17.8. The second-order valence-corrected chi connectivity index (χ2v) is 7.80. The first-order valence-electron chi connectivity index (χ1n) is 10.4. The molecule has 4 heterocycles. The van der Waals surface area contributed by atoms with E-state index in [0.29, 0.717) is 11.2 Å². The monoisotopic (exact) mass is 466 g/mol. The van der Waals surface area contributed by atoms with Crippen LogP contribution < -0.4 is 22.2 Å². The lowest BCUT2D eigenvalue weighted by molar-refractivity contribution is 0.0880. The van der Waals surface area contributed by atoms with Gasteiger partial charge in [-0.25, -0.2) is 14.5 Å². The van der Waals surface area contributed by atoms with Crippen molar-refractivity contribution in [1.82, 2.24) is 24.6 Å². The molecule has 6 rings (SSSR count). The van der Waals surface area contributed by atoms with Crippen LogP contribution in [0.25, 0.3) is 33.7 Å². The van der Waals surface area contributed by atoms with E-state index in [4.69, 9.17) is 10.2 Å². The number of hydrogen-bond donors (Lipinski definition) is 2. The van der Waals surface area contributed by atoms with Gasteiger partial charge in [-0.05, 0) is 18.2 Å². The predicted octanol–water partition coefficient (Wildman–Crippen LogP) is 1.66. The first-order valence-corrected chi connectivity index (χ1v) is 10.4. The highest BCUT2D eigenvalue weighted by molar-refractivity contribution is 6.23. The van der Waals surface area contributed by atoms with E-state index in [1.165, 1.54) is 17.1 Å². The topological polar surface area (TPSA) is 155 Å². The fourth-order valence-electron chi connectivity index (χ4n) is 4.03. The van der Waals surface area contributed by atoms with Crippen LogP contribution in [-0.4, -0.2) is 31.1 Å². The minimum absolute atomic E-state index is 0.0755. The Kier molecular flexibility index (Phi) is 4.26. The van der Waals surface area contributed by atoms with Crippen LogP contribution in [0.3, 0.4) is 0 Å². The zero-order valence-corrected chi connectivity index (χ0v) is 17.8. The first-order chi connectivity index (χ1) is 16.9. The summed E-state index contributed by atoms with van der Waals surface area (Å²) < 4.78 is 7.91. The van der Waals surface area contributed by atoms with Crippen LogP contribution in [0.15, 0.2) is 81.0 Å². The van der Waals surface area contributed by atoms with Crippen molar-refractivity contribution in [3.05, 3.63) is 98.9 Å². The van der Waals surface area contributed by atoms with Crippen molar-refractivity contribution in [3.8, 4) is 22.8 Å². The smallest absolute Gasteiger partial charge is 0.362 e. The Bertz CT molecular complexity index is 1820. The van der Waals surface area contributed by atoms with E-state index in [1.54, 1.807) is 18.2 Å². The van der Waals surface area contributed by atoms with E-state index in [9.17, 15) is 19.2 Å². The van der Waals surface area contributed by atoms with E-state index < -0.39 is 23.0 Å². The Balaban J connectivity index is 1.44. The number of nitrogen functional groups attached to an aromatic ring is 1. The molecule has 11 nitrogen and oxygen atoms in total. The number of nitrogens with zero attached hydrogens (tertiary/aromatic N) is 4. The highest BCUT2D eigenvalue weighted by Crippen LogP contribution is 2.25. The molecule has 5 aromatic rings. The summed E-state index contributed by atoms with van der Waals surface area (Å²) in [5.74, 6) is -1.10. The highest BCUT2D eigenvalue weighted by atomic mass is 16.4. The molecule has 0 bridgehead atoms. The summed E-state index contributed by atoms with van der Waals surface area (Å²) in [5.41, 5.74) is 6.06. The molecule has 0 saturated carbocycles. The van der Waals surface area contributed by atoms with Gasteiger partial charge in [-0.3, -0.25) is 24.3 Å². The Labute approximate surface area is 195 Å². The maximum atomic E-state index is 12.8. The number of carbonyl (C=O) groups excluding carboxylic acids is 2. The van der Waals surface area contributed by atoms with Gasteiger partial charge in [0.05, 0.1) is 16.8 Å². The Morgan fingerprint density at radius 3 is 2.51 bits per heavy atom. The van der Waals surface area contributed by atoms with Crippen LogP contribution in [-0.2, 0) is 0 Å². The normalized spacial score (nSPS) is 12.7. The fourth-order valence-corrected chi connectivity index (χ4v) is 4.03. The molecule has 2 aromatic carbocycles. The average molecular weight is 466 g/mol. The lowest BCUT2D eigenvalue weighted by Gasteiger charge is -2.12. The van der Waals surface area contributed by atoms with Crippen LogP contribution in [0.5, 0.6) is 0 Å². The Morgan fingerprint density at radius 1 is 0.914 bits per heavy atom. The highest BCUT2D eigenvalue weighted by Gasteiger charge is 2.31. The minimum atomic E-state index is -0.684. The standard InChI is InChI=1S/C24H14N6O5/c25-20-19-15(22(32)27-23(19)33)10-18(31)30(20)14-7-6-13-8-16(24(34)35-17(13)9-14)29-11-26-21(28-29)12-4-2-1-3-5-12/h1-11H,25H2,(H,27,32,33). The Morgan fingerprint density at radius 2 is 1.71 bits per heavy atom. The molecule has 0 spiro atoms. The number of fused-ring (bicyclic) bond motifs is 2. The number of benzene rings is 2. The molecule has 0 radical (unpaired) electrons. The van der Waals surface area contributed by atoms with E-state index >= 15 is 0 Å². The number of carbonyl (C=O) groups is 2. The van der Waals surface area contributed by atoms with Crippen molar-refractivity contribution in [2.45, 2.75) is 0 Å². The summed E-state index contributed by atoms with van der Waals surface area (Å²) in [6.07, 6.45) is 1.42. The van der Waals surface area contributed by atoms with E-state index in [2.05, 4.69) is 15.4 Å². The molecule has 170 valence electrons. The molecule has 1 aliphatic heterocycles. The maximum absolute atomic E-state index is 12.8. The van der Waals surface area contributed by atoms with Gasteiger partial charge in [0.1, 0.15) is 17.7 Å². The molecule has 35 heavy (non-hydrogen) atoms. The van der Waals surface area contributed by atoms with Crippen molar-refractivity contribution in [3.63, 3.8) is 0 Å². The van der Waals surface area contributed by atoms with Crippen LogP contribution in [0.2, 0.25) is 0 Å². The molecule has 0 atom stereocenters. The zero-order chi connectivity index (χ0) is 24.3. The quantitative estimate of drug-likeness (QED) is 0.300. The lowest BCUT2D eigenvalue weighted by atomic mass is 10.1. The maximum Gasteiger partial charge on any atom is 0.362 e. The van der Waals surface area contributed by atoms with Gasteiger partial charge in [-0.1, -0.05) is 30.3 Å². The van der Waals surface area contributed by atoms with Crippen molar-refractivity contribution in [2.24, 2.45) is 0 Å². The number of aromatic nitrogens is 4. The number of amides is 2. The van der Waals surface area contributed by atoms with Gasteiger partial charge in [0.15, 0.2) is 11.5 Å². The number of imide groups is 1. The second-order valence-electron chi connectivity index (χ2n) is 7.80. The third kappa shape index (κ3) is 3.14. The average Bonchev–Trinajstić information content (AvgIpc) is 3.44. The third-order valence-electron chi connectivity index (χ3n) is 5.68. The van der Waals surface area contributed by atoms with E-state index in [1.807, 2.05) is 30.3 Å². The molecule has 3 aromatic heterocycles. The van der Waals surface area contributed by atoms with Gasteiger partial charge in [0, 0.05) is 23.1 Å². The fraction of sp³-hybridized carbons (Fsp3) is 0. The van der Waals surface area contributed by atoms with Gasteiger partial charge in [-0.2, -0.15) is 0 Å². The molecule has 0 saturated heterocycles. The number of anilines is 1. The first kappa shape index (κ1) is 20.3. The summed E-state index contributed by atoms with van der Waals surface area (Å²) in [7, 11) is 0. The number of nitrogens with two attached hydrogens (primary N) is 1. The number of pyridine rings is 1. The molecule has 0 fully saturated rings. The van der Waals surface area contributed by atoms with Crippen LogP contribution >= 0.6 is 0 Å². The van der Waals surface area contributed by atoms with Crippen molar-refractivity contribution in [2.75, 3.05) is 5.73 Å². The van der Waals surface area contributed by atoms with Crippen molar-refractivity contribution < 1.29 is 14.0 Å². The summed E-state index contributed by atoms with van der Waals surface area (Å²) in [4.78, 5) is 53.7. The summed E-state index contributed by atoms with van der Waals surface area (Å²) in [5, 5.41) is 7.04. The van der Waals surface area contributed by atoms with Crippen molar-refractivity contribution >= 4 is 28.6 Å². The number of hydrogen-bond acceptors (Lipinski definition) is 8. The van der Waals surface area contributed by atoms with E-state index in [-0.39, 0.29) is 33.9 Å². The van der Waals surface area contributed by atoms with Gasteiger partial charge in [-0.15, -0.1) is 5.10 Å². The van der Waals surface area contributed by atoms with Crippen LogP contribution in [0.1, 0.15) is 20.7 Å². The summed E-state index contributed by atoms with van der Waals surface area (Å²) in [6, 6.07) is 16.6. The molecular formula is C24H14N6O5. The van der Waals surface area contributed by atoms with Gasteiger partial charge < -0.3 is 10.2 Å². The van der Waals surface area contributed by atoms with Gasteiger partial charge >= 0.3 is 5.63 Å². The summed E-state index contributed by atoms with van der Waals surface area (Å²) in [6.45, 7) is 0. The van der Waals surface area contributed by atoms with Crippen molar-refractivity contribution in [1.29, 1.82) is 0 Å². The minimum Gasteiger partial charge on any atom is -0.421 e. The lowest BCUT2D eigenvalue weighted by Crippen LogP contribution is -2.24. The molecular weight excluding hydrogens is 452 g/mol. The number of nitrogens with one attached hydrogen (secondary N) is 1. The van der Waals surface area contributed by atoms with Crippen LogP contribution in [0, 0.1) is 0 Å². The third-order valence-corrected chi connectivity index (χ3v) is 5.68. The second kappa shape index (κ2) is 7.35. The summed E-state index contributed by atoms with van der Waals surface area (Å²) >= 11 is 0. The molecule has 2 amide bonds. The largest absolute Gasteiger partial charge is 0.421 e. The van der Waals surface area contributed by atoms with Gasteiger partial charge in [0.25, 0.3) is 17.4 Å². The van der Waals surface area contributed by atoms with E-state index in [0.717, 1.165) is 16.2 Å². The Hall–Kier alpha value is -5.32. The van der Waals surface area contributed by atoms with Crippen LogP contribution in [0.4, 0.5) is 5.82 Å². The predicted molar refractivity (Wildman–Crippen MR) is 125 cm³/mol. The number of rotatable bonds is 3.